The van der Waals surface area contributed by atoms with Crippen LogP contribution in [0.3, 0.4) is 0 Å². The molecule has 4 heteroatoms. The van der Waals surface area contributed by atoms with Crippen molar-refractivity contribution in [2.75, 3.05) is 40.6 Å². The Balaban J connectivity index is 2.09. The van der Waals surface area contributed by atoms with Gasteiger partial charge in [0.15, 0.2) is 0 Å². The van der Waals surface area contributed by atoms with Crippen LogP contribution in [0.25, 0.3) is 0 Å². The van der Waals surface area contributed by atoms with Crippen molar-refractivity contribution in [2.45, 2.75) is 45.3 Å². The summed E-state index contributed by atoms with van der Waals surface area (Å²) in [6.45, 7) is 7.49. The van der Waals surface area contributed by atoms with Crippen molar-refractivity contribution < 1.29 is 14.2 Å². The van der Waals surface area contributed by atoms with Gasteiger partial charge >= 0.3 is 0 Å². The number of rotatable bonds is 9. The first-order valence-corrected chi connectivity index (χ1v) is 6.97. The van der Waals surface area contributed by atoms with Crippen LogP contribution >= 0.6 is 0 Å². The fourth-order valence-corrected chi connectivity index (χ4v) is 2.76. The molecule has 1 rings (SSSR count). The van der Waals surface area contributed by atoms with Crippen molar-refractivity contribution in [3.63, 3.8) is 0 Å². The largest absolute Gasteiger partial charge is 0.385 e. The first kappa shape index (κ1) is 15.9. The third-order valence-corrected chi connectivity index (χ3v) is 3.79. The van der Waals surface area contributed by atoms with Crippen molar-refractivity contribution in [3.8, 4) is 0 Å². The number of methoxy groups -OCH3 is 1. The molecular weight excluding hydrogens is 230 g/mol. The normalized spacial score (nSPS) is 26.7. The zero-order valence-electron chi connectivity index (χ0n) is 12.3. The highest BCUT2D eigenvalue weighted by molar-refractivity contribution is 4.96. The number of ether oxygens (including phenoxy) is 3. The Morgan fingerprint density at radius 1 is 1.17 bits per heavy atom. The summed E-state index contributed by atoms with van der Waals surface area (Å²) in [4.78, 5) is 0. The zero-order valence-corrected chi connectivity index (χ0v) is 12.3. The quantitative estimate of drug-likeness (QED) is 0.641. The van der Waals surface area contributed by atoms with Gasteiger partial charge in [-0.15, -0.1) is 0 Å². The maximum absolute atomic E-state index is 5.93. The SMILES string of the molecule is CNC1C(OCCOCCCOC)CCC1(C)C. The van der Waals surface area contributed by atoms with Gasteiger partial charge in [0.2, 0.25) is 0 Å². The molecule has 0 aliphatic heterocycles. The molecule has 4 nitrogen and oxygen atoms in total. The molecule has 0 aromatic rings. The second-order valence-corrected chi connectivity index (χ2v) is 5.66. The predicted molar refractivity (Wildman–Crippen MR) is 72.9 cm³/mol. The molecular formula is C14H29NO3. The molecule has 0 spiro atoms. The highest BCUT2D eigenvalue weighted by atomic mass is 16.5. The van der Waals surface area contributed by atoms with Crippen LogP contribution in [0.15, 0.2) is 0 Å². The second kappa shape index (κ2) is 8.10. The molecule has 2 atom stereocenters. The minimum absolute atomic E-state index is 0.326. The maximum Gasteiger partial charge on any atom is 0.0734 e. The van der Waals surface area contributed by atoms with Gasteiger partial charge in [-0.2, -0.15) is 0 Å². The highest BCUT2D eigenvalue weighted by Crippen LogP contribution is 2.38. The smallest absolute Gasteiger partial charge is 0.0734 e. The number of likely N-dealkylation sites (N-methyl/N-ethyl adjacent to an activating group) is 1. The minimum Gasteiger partial charge on any atom is -0.385 e. The van der Waals surface area contributed by atoms with Gasteiger partial charge in [-0.05, 0) is 31.7 Å². The van der Waals surface area contributed by atoms with Crippen molar-refractivity contribution in [1.29, 1.82) is 0 Å². The fraction of sp³-hybridized carbons (Fsp3) is 1.00. The molecule has 1 aliphatic rings. The van der Waals surface area contributed by atoms with E-state index in [1.807, 2.05) is 7.05 Å². The zero-order chi connectivity index (χ0) is 13.4. The summed E-state index contributed by atoms with van der Waals surface area (Å²) in [5, 5.41) is 3.39. The molecule has 0 radical (unpaired) electrons. The average molecular weight is 259 g/mol. The molecule has 0 amide bonds. The van der Waals surface area contributed by atoms with E-state index in [0.717, 1.165) is 26.1 Å². The number of hydrogen-bond acceptors (Lipinski definition) is 4. The Morgan fingerprint density at radius 3 is 2.61 bits per heavy atom. The van der Waals surface area contributed by atoms with Crippen LogP contribution in [0.5, 0.6) is 0 Å². The molecule has 0 heterocycles. The van der Waals surface area contributed by atoms with Crippen molar-refractivity contribution in [2.24, 2.45) is 5.41 Å². The molecule has 0 saturated heterocycles. The first-order valence-electron chi connectivity index (χ1n) is 6.97. The van der Waals surface area contributed by atoms with E-state index >= 15 is 0 Å². The molecule has 1 aliphatic carbocycles. The summed E-state index contributed by atoms with van der Waals surface area (Å²) in [5.74, 6) is 0. The van der Waals surface area contributed by atoms with Crippen LogP contribution in [0, 0.1) is 5.41 Å². The molecule has 2 unspecified atom stereocenters. The summed E-state index contributed by atoms with van der Waals surface area (Å²) in [5.41, 5.74) is 0.332. The van der Waals surface area contributed by atoms with Crippen LogP contribution in [0.2, 0.25) is 0 Å². The van der Waals surface area contributed by atoms with E-state index in [1.54, 1.807) is 7.11 Å². The van der Waals surface area contributed by atoms with Gasteiger partial charge in [0.25, 0.3) is 0 Å². The molecule has 108 valence electrons. The van der Waals surface area contributed by atoms with Gasteiger partial charge in [0, 0.05) is 26.4 Å². The fourth-order valence-electron chi connectivity index (χ4n) is 2.76. The molecule has 0 aromatic heterocycles. The van der Waals surface area contributed by atoms with Gasteiger partial charge < -0.3 is 19.5 Å². The lowest BCUT2D eigenvalue weighted by molar-refractivity contribution is -0.0116. The van der Waals surface area contributed by atoms with E-state index in [4.69, 9.17) is 14.2 Å². The van der Waals surface area contributed by atoms with Crippen LogP contribution in [-0.4, -0.2) is 52.7 Å². The van der Waals surface area contributed by atoms with Crippen LogP contribution < -0.4 is 5.32 Å². The maximum atomic E-state index is 5.93. The third-order valence-electron chi connectivity index (χ3n) is 3.79. The van der Waals surface area contributed by atoms with Gasteiger partial charge in [0.1, 0.15) is 0 Å². The predicted octanol–water partition coefficient (Wildman–Crippen LogP) is 1.83. The standard InChI is InChI=1S/C14H29NO3/c1-14(2)7-6-12(13(14)15-3)18-11-10-17-9-5-8-16-4/h12-13,15H,5-11H2,1-4H3. The number of hydrogen-bond donors (Lipinski definition) is 1. The van der Waals surface area contributed by atoms with E-state index in [2.05, 4.69) is 19.2 Å². The summed E-state index contributed by atoms with van der Waals surface area (Å²) in [7, 11) is 3.73. The lowest BCUT2D eigenvalue weighted by Gasteiger charge is -2.30. The van der Waals surface area contributed by atoms with Crippen molar-refractivity contribution in [1.82, 2.24) is 5.32 Å². The summed E-state index contributed by atoms with van der Waals surface area (Å²) >= 11 is 0. The molecule has 1 saturated carbocycles. The van der Waals surface area contributed by atoms with Gasteiger partial charge in [-0.1, -0.05) is 13.8 Å². The minimum atomic E-state index is 0.326. The second-order valence-electron chi connectivity index (χ2n) is 5.66. The molecule has 18 heavy (non-hydrogen) atoms. The van der Waals surface area contributed by atoms with E-state index in [9.17, 15) is 0 Å². The Hall–Kier alpha value is -0.160. The molecule has 0 bridgehead atoms. The first-order chi connectivity index (χ1) is 8.61. The summed E-state index contributed by atoms with van der Waals surface area (Å²) in [6, 6.07) is 0.450. The summed E-state index contributed by atoms with van der Waals surface area (Å²) < 4.78 is 16.4. The Labute approximate surface area is 111 Å². The third kappa shape index (κ3) is 4.84. The lowest BCUT2D eigenvalue weighted by Crippen LogP contribution is -2.43. The molecule has 0 aromatic carbocycles. The van der Waals surface area contributed by atoms with Gasteiger partial charge in [0.05, 0.1) is 19.3 Å². The molecule has 1 N–H and O–H groups in total. The van der Waals surface area contributed by atoms with E-state index in [-0.39, 0.29) is 0 Å². The molecule has 1 fully saturated rings. The topological polar surface area (TPSA) is 39.7 Å². The number of nitrogens with one attached hydrogen (secondary N) is 1. The van der Waals surface area contributed by atoms with Gasteiger partial charge in [-0.3, -0.25) is 0 Å². The van der Waals surface area contributed by atoms with Gasteiger partial charge in [-0.25, -0.2) is 0 Å². The Morgan fingerprint density at radius 2 is 1.94 bits per heavy atom. The Kier molecular flexibility index (Phi) is 7.15. The summed E-state index contributed by atoms with van der Waals surface area (Å²) in [6.07, 6.45) is 3.64. The van der Waals surface area contributed by atoms with E-state index in [1.165, 1.54) is 6.42 Å². The lowest BCUT2D eigenvalue weighted by atomic mass is 9.87. The highest BCUT2D eigenvalue weighted by Gasteiger charge is 2.41. The van der Waals surface area contributed by atoms with E-state index in [0.29, 0.717) is 30.8 Å². The Bertz CT molecular complexity index is 221. The van der Waals surface area contributed by atoms with Crippen LogP contribution in [0.4, 0.5) is 0 Å². The van der Waals surface area contributed by atoms with Crippen LogP contribution in [-0.2, 0) is 14.2 Å². The van der Waals surface area contributed by atoms with Crippen molar-refractivity contribution in [3.05, 3.63) is 0 Å². The van der Waals surface area contributed by atoms with E-state index < -0.39 is 0 Å². The van der Waals surface area contributed by atoms with Crippen molar-refractivity contribution >= 4 is 0 Å². The van der Waals surface area contributed by atoms with Crippen LogP contribution in [0.1, 0.15) is 33.1 Å². The monoisotopic (exact) mass is 259 g/mol. The average Bonchev–Trinajstić information content (AvgIpc) is 2.63.